The van der Waals surface area contributed by atoms with Gasteiger partial charge in [0.2, 0.25) is 5.91 Å². The van der Waals surface area contributed by atoms with E-state index in [4.69, 9.17) is 4.74 Å². The zero-order valence-corrected chi connectivity index (χ0v) is 32.7. The minimum atomic E-state index is -0.691. The molecule has 0 rings (SSSR count). The molecular formula is C43H83NO5. The largest absolute Gasteiger partial charge is 0.466 e. The second kappa shape index (κ2) is 39.4. The Morgan fingerprint density at radius 3 is 1.49 bits per heavy atom. The SMILES string of the molecule is CCCCCCCCCCCCCCCCC(=O)OCCCCCC/C=C\CCCC(=O)NC(CO)C(O)CCCCCCCCCCC. The van der Waals surface area contributed by atoms with Crippen LogP contribution in [0.15, 0.2) is 12.2 Å². The van der Waals surface area contributed by atoms with Gasteiger partial charge in [-0.1, -0.05) is 180 Å². The summed E-state index contributed by atoms with van der Waals surface area (Å²) in [4.78, 5) is 24.3. The fourth-order valence-electron chi connectivity index (χ4n) is 6.46. The minimum Gasteiger partial charge on any atom is -0.466 e. The summed E-state index contributed by atoms with van der Waals surface area (Å²) in [5.41, 5.74) is 0. The Labute approximate surface area is 304 Å². The van der Waals surface area contributed by atoms with Crippen molar-refractivity contribution in [2.24, 2.45) is 0 Å². The summed E-state index contributed by atoms with van der Waals surface area (Å²) in [6.07, 6.45) is 41.7. The van der Waals surface area contributed by atoms with E-state index in [2.05, 4.69) is 31.3 Å². The number of rotatable bonds is 39. The quantitative estimate of drug-likeness (QED) is 0.0338. The van der Waals surface area contributed by atoms with Crippen LogP contribution in [0.1, 0.15) is 226 Å². The van der Waals surface area contributed by atoms with Crippen molar-refractivity contribution in [3.8, 4) is 0 Å². The van der Waals surface area contributed by atoms with Crippen molar-refractivity contribution in [1.29, 1.82) is 0 Å². The highest BCUT2D eigenvalue weighted by atomic mass is 16.5. The highest BCUT2D eigenvalue weighted by molar-refractivity contribution is 5.76. The molecule has 6 heteroatoms. The fraction of sp³-hybridized carbons (Fsp3) is 0.907. The first-order chi connectivity index (χ1) is 24.0. The van der Waals surface area contributed by atoms with Crippen molar-refractivity contribution in [3.05, 3.63) is 12.2 Å². The molecule has 0 spiro atoms. The van der Waals surface area contributed by atoms with Crippen LogP contribution in [0.2, 0.25) is 0 Å². The number of aliphatic hydroxyl groups excluding tert-OH is 2. The lowest BCUT2D eigenvalue weighted by atomic mass is 10.0. The summed E-state index contributed by atoms with van der Waals surface area (Å²) in [6, 6.07) is -0.575. The molecule has 49 heavy (non-hydrogen) atoms. The maximum absolute atomic E-state index is 12.3. The molecule has 6 nitrogen and oxygen atoms in total. The Kier molecular flexibility index (Phi) is 38.3. The lowest BCUT2D eigenvalue weighted by Crippen LogP contribution is -2.45. The highest BCUT2D eigenvalue weighted by Crippen LogP contribution is 2.15. The van der Waals surface area contributed by atoms with Crippen LogP contribution in [0, 0.1) is 0 Å². The van der Waals surface area contributed by atoms with Crippen LogP contribution in [-0.2, 0) is 14.3 Å². The molecule has 2 unspecified atom stereocenters. The molecule has 3 N–H and O–H groups in total. The second-order valence-corrected chi connectivity index (χ2v) is 14.7. The van der Waals surface area contributed by atoms with Gasteiger partial charge < -0.3 is 20.3 Å². The van der Waals surface area contributed by atoms with E-state index in [1.54, 1.807) is 0 Å². The predicted octanol–water partition coefficient (Wildman–Crippen LogP) is 11.8. The Balaban J connectivity index is 3.53. The van der Waals surface area contributed by atoms with E-state index in [0.717, 1.165) is 70.6 Å². The van der Waals surface area contributed by atoms with Crippen molar-refractivity contribution in [2.45, 2.75) is 238 Å². The van der Waals surface area contributed by atoms with E-state index in [9.17, 15) is 19.8 Å². The van der Waals surface area contributed by atoms with E-state index in [0.29, 0.717) is 25.9 Å². The zero-order valence-electron chi connectivity index (χ0n) is 32.7. The zero-order chi connectivity index (χ0) is 35.9. The lowest BCUT2D eigenvalue weighted by molar-refractivity contribution is -0.143. The number of esters is 1. The number of hydrogen-bond donors (Lipinski definition) is 3. The molecule has 0 bridgehead atoms. The number of carbonyl (C=O) groups is 2. The van der Waals surface area contributed by atoms with Gasteiger partial charge in [0.25, 0.3) is 0 Å². The number of nitrogens with one attached hydrogen (secondary N) is 1. The number of allylic oxidation sites excluding steroid dienone is 2. The first-order valence-electron chi connectivity index (χ1n) is 21.4. The van der Waals surface area contributed by atoms with Crippen LogP contribution >= 0.6 is 0 Å². The van der Waals surface area contributed by atoms with Crippen LogP contribution in [-0.4, -0.2) is 47.4 Å². The van der Waals surface area contributed by atoms with Gasteiger partial charge in [-0.05, 0) is 44.9 Å². The molecule has 0 fully saturated rings. The molecule has 1 amide bonds. The standard InChI is InChI=1S/C43H83NO5/c1-3-5-7-9-11-13-14-15-16-17-21-25-29-33-37-43(48)49-38-34-30-26-22-18-20-24-28-32-36-42(47)44-40(39-45)41(46)35-31-27-23-19-12-10-8-6-4-2/h20,24,40-41,45-46H,3-19,21-23,25-39H2,1-2H3,(H,44,47)/b24-20-. The van der Waals surface area contributed by atoms with E-state index in [-0.39, 0.29) is 18.5 Å². The summed E-state index contributed by atoms with van der Waals surface area (Å²) < 4.78 is 5.42. The number of carbonyl (C=O) groups excluding carboxylic acids is 2. The third-order valence-corrected chi connectivity index (χ3v) is 9.81. The minimum absolute atomic E-state index is 0.0345. The maximum atomic E-state index is 12.3. The normalized spacial score (nSPS) is 12.8. The van der Waals surface area contributed by atoms with Crippen LogP contribution < -0.4 is 5.32 Å². The molecule has 0 heterocycles. The van der Waals surface area contributed by atoms with Crippen molar-refractivity contribution < 1.29 is 24.5 Å². The van der Waals surface area contributed by atoms with Crippen LogP contribution in [0.25, 0.3) is 0 Å². The predicted molar refractivity (Wildman–Crippen MR) is 209 cm³/mol. The average molecular weight is 694 g/mol. The lowest BCUT2D eigenvalue weighted by Gasteiger charge is -2.22. The molecule has 0 saturated heterocycles. The highest BCUT2D eigenvalue weighted by Gasteiger charge is 2.19. The first kappa shape index (κ1) is 47.6. The van der Waals surface area contributed by atoms with Gasteiger partial charge in [-0.15, -0.1) is 0 Å². The van der Waals surface area contributed by atoms with Gasteiger partial charge in [-0.25, -0.2) is 0 Å². The smallest absolute Gasteiger partial charge is 0.305 e. The second-order valence-electron chi connectivity index (χ2n) is 14.7. The summed E-state index contributed by atoms with van der Waals surface area (Å²) >= 11 is 0. The van der Waals surface area contributed by atoms with Crippen molar-refractivity contribution in [1.82, 2.24) is 5.32 Å². The molecule has 0 aromatic rings. The summed E-state index contributed by atoms with van der Waals surface area (Å²) in [6.45, 7) is 4.83. The van der Waals surface area contributed by atoms with Crippen molar-refractivity contribution in [3.63, 3.8) is 0 Å². The molecule has 0 aromatic carbocycles. The number of hydrogen-bond acceptors (Lipinski definition) is 5. The molecule has 290 valence electrons. The number of ether oxygens (including phenoxy) is 1. The average Bonchev–Trinajstić information content (AvgIpc) is 3.10. The summed E-state index contributed by atoms with van der Waals surface area (Å²) in [5, 5.41) is 22.9. The van der Waals surface area contributed by atoms with Crippen molar-refractivity contribution in [2.75, 3.05) is 13.2 Å². The van der Waals surface area contributed by atoms with Gasteiger partial charge in [0, 0.05) is 12.8 Å². The maximum Gasteiger partial charge on any atom is 0.305 e. The van der Waals surface area contributed by atoms with Gasteiger partial charge >= 0.3 is 5.97 Å². The first-order valence-corrected chi connectivity index (χ1v) is 21.4. The molecular weight excluding hydrogens is 610 g/mol. The summed E-state index contributed by atoms with van der Waals surface area (Å²) in [7, 11) is 0. The molecule has 0 saturated carbocycles. The van der Waals surface area contributed by atoms with Crippen LogP contribution in [0.5, 0.6) is 0 Å². The van der Waals surface area contributed by atoms with E-state index < -0.39 is 12.1 Å². The van der Waals surface area contributed by atoms with Gasteiger partial charge in [0.05, 0.1) is 25.4 Å². The molecule has 0 radical (unpaired) electrons. The Bertz CT molecular complexity index is 727. The Morgan fingerprint density at radius 2 is 0.980 bits per heavy atom. The van der Waals surface area contributed by atoms with E-state index in [1.165, 1.54) is 122 Å². The van der Waals surface area contributed by atoms with Gasteiger partial charge in [0.1, 0.15) is 0 Å². The van der Waals surface area contributed by atoms with Crippen LogP contribution in [0.3, 0.4) is 0 Å². The van der Waals surface area contributed by atoms with E-state index >= 15 is 0 Å². The molecule has 0 aliphatic rings. The van der Waals surface area contributed by atoms with Gasteiger partial charge in [0.15, 0.2) is 0 Å². The van der Waals surface area contributed by atoms with Gasteiger partial charge in [-0.2, -0.15) is 0 Å². The Morgan fingerprint density at radius 1 is 0.551 bits per heavy atom. The summed E-state index contributed by atoms with van der Waals surface area (Å²) in [5.74, 6) is -0.133. The topological polar surface area (TPSA) is 95.9 Å². The fourth-order valence-corrected chi connectivity index (χ4v) is 6.46. The third-order valence-electron chi connectivity index (χ3n) is 9.81. The molecule has 2 atom stereocenters. The molecule has 0 aliphatic carbocycles. The number of amides is 1. The molecule has 0 aliphatic heterocycles. The molecule has 0 aromatic heterocycles. The van der Waals surface area contributed by atoms with E-state index in [1.807, 2.05) is 0 Å². The Hall–Kier alpha value is -1.40. The number of unbranched alkanes of at least 4 members (excludes halogenated alkanes) is 26. The van der Waals surface area contributed by atoms with Crippen molar-refractivity contribution >= 4 is 11.9 Å². The third kappa shape index (κ3) is 36.2. The number of aliphatic hydroxyl groups is 2. The van der Waals surface area contributed by atoms with Crippen LogP contribution in [0.4, 0.5) is 0 Å². The van der Waals surface area contributed by atoms with Gasteiger partial charge in [-0.3, -0.25) is 9.59 Å². The monoisotopic (exact) mass is 694 g/mol.